The lowest BCUT2D eigenvalue weighted by Crippen LogP contribution is -2.22. The number of amidine groups is 1. The number of hydrogen-bond donors (Lipinski definition) is 5. The summed E-state index contributed by atoms with van der Waals surface area (Å²) in [6.45, 7) is 3.36. The molecule has 1 heterocycles. The van der Waals surface area contributed by atoms with Crippen LogP contribution in [0.2, 0.25) is 0 Å². The van der Waals surface area contributed by atoms with Gasteiger partial charge in [0.05, 0.1) is 12.3 Å². The van der Waals surface area contributed by atoms with Crippen molar-refractivity contribution >= 4 is 34.9 Å². The van der Waals surface area contributed by atoms with Crippen molar-refractivity contribution in [1.29, 1.82) is 0 Å². The van der Waals surface area contributed by atoms with Crippen molar-refractivity contribution in [3.8, 4) is 0 Å². The normalized spacial score (nSPS) is 13.3. The third-order valence-corrected chi connectivity index (χ3v) is 3.92. The molecule has 2 aromatic carbocycles. The fourth-order valence-corrected chi connectivity index (χ4v) is 2.64. The first-order valence-corrected chi connectivity index (χ1v) is 8.71. The zero-order valence-electron chi connectivity index (χ0n) is 15.4. The smallest absolute Gasteiger partial charge is 0.323 e. The largest absolute Gasteiger partial charge is 0.369 e. The van der Waals surface area contributed by atoms with E-state index in [-0.39, 0.29) is 12.0 Å². The van der Waals surface area contributed by atoms with E-state index < -0.39 is 0 Å². The van der Waals surface area contributed by atoms with Crippen molar-refractivity contribution in [2.24, 2.45) is 26.7 Å². The zero-order chi connectivity index (χ0) is 19.9. The van der Waals surface area contributed by atoms with E-state index >= 15 is 0 Å². The van der Waals surface area contributed by atoms with E-state index in [1.54, 1.807) is 19.1 Å². The van der Waals surface area contributed by atoms with E-state index in [2.05, 4.69) is 31.1 Å². The molecule has 3 rings (SSSR count). The number of amides is 2. The highest BCUT2D eigenvalue weighted by Crippen LogP contribution is 2.15. The van der Waals surface area contributed by atoms with Gasteiger partial charge in [-0.25, -0.2) is 4.79 Å². The molecule has 0 saturated heterocycles. The Labute approximate surface area is 162 Å². The van der Waals surface area contributed by atoms with Gasteiger partial charge in [0.15, 0.2) is 0 Å². The van der Waals surface area contributed by atoms with Crippen LogP contribution in [-0.4, -0.2) is 36.6 Å². The molecule has 7 N–H and O–H groups in total. The fraction of sp³-hybridized carbons (Fsp3) is 0.158. The van der Waals surface area contributed by atoms with Crippen LogP contribution in [0.4, 0.5) is 16.2 Å². The molecule has 28 heavy (non-hydrogen) atoms. The lowest BCUT2D eigenvalue weighted by Gasteiger charge is -2.10. The second-order valence-electron chi connectivity index (χ2n) is 6.11. The Balaban J connectivity index is 1.67. The number of urea groups is 1. The Morgan fingerprint density at radius 2 is 1.79 bits per heavy atom. The summed E-state index contributed by atoms with van der Waals surface area (Å²) in [6, 6.07) is 14.4. The first kappa shape index (κ1) is 18.9. The monoisotopic (exact) mass is 378 g/mol. The summed E-state index contributed by atoms with van der Waals surface area (Å²) < 4.78 is 0. The number of nitrogens with zero attached hydrogens (tertiary/aromatic N) is 3. The lowest BCUT2D eigenvalue weighted by atomic mass is 10.1. The molecule has 0 aliphatic carbocycles. The second-order valence-corrected chi connectivity index (χ2v) is 6.11. The van der Waals surface area contributed by atoms with Crippen LogP contribution in [0, 0.1) is 0 Å². The number of carbonyl (C=O) groups is 1. The summed E-state index contributed by atoms with van der Waals surface area (Å²) in [5.74, 6) is 0.723. The van der Waals surface area contributed by atoms with Crippen LogP contribution in [0.1, 0.15) is 18.1 Å². The molecule has 0 saturated carbocycles. The van der Waals surface area contributed by atoms with Gasteiger partial charge in [-0.05, 0) is 36.8 Å². The average molecular weight is 378 g/mol. The van der Waals surface area contributed by atoms with Gasteiger partial charge in [-0.15, -0.1) is 5.10 Å². The van der Waals surface area contributed by atoms with E-state index in [9.17, 15) is 4.79 Å². The fourth-order valence-electron chi connectivity index (χ4n) is 2.64. The first-order chi connectivity index (χ1) is 13.5. The quantitative estimate of drug-likeness (QED) is 0.306. The number of rotatable bonds is 5. The van der Waals surface area contributed by atoms with Crippen LogP contribution in [0.15, 0.2) is 63.7 Å². The van der Waals surface area contributed by atoms with Crippen LogP contribution in [-0.2, 0) is 0 Å². The summed E-state index contributed by atoms with van der Waals surface area (Å²) in [5.41, 5.74) is 14.2. The molecule has 0 bridgehead atoms. The van der Waals surface area contributed by atoms with Gasteiger partial charge in [0.1, 0.15) is 5.84 Å². The zero-order valence-corrected chi connectivity index (χ0v) is 15.4. The van der Waals surface area contributed by atoms with E-state index in [0.717, 1.165) is 30.1 Å². The molecule has 0 spiro atoms. The molecule has 1 aliphatic heterocycles. The number of benzene rings is 2. The summed E-state index contributed by atoms with van der Waals surface area (Å²) in [6.07, 6.45) is 0. The predicted octanol–water partition coefficient (Wildman–Crippen LogP) is 1.68. The molecule has 2 aromatic rings. The molecule has 0 fully saturated rings. The molecule has 0 radical (unpaired) electrons. The number of aliphatic imine (C=N–C) groups is 1. The van der Waals surface area contributed by atoms with Crippen molar-refractivity contribution in [3.05, 3.63) is 59.7 Å². The molecular formula is C19H22N8O. The Bertz CT molecular complexity index is 960. The molecular weight excluding hydrogens is 356 g/mol. The summed E-state index contributed by atoms with van der Waals surface area (Å²) in [5, 5.41) is 16.4. The van der Waals surface area contributed by atoms with E-state index in [4.69, 9.17) is 11.5 Å². The summed E-state index contributed by atoms with van der Waals surface area (Å²) >= 11 is 0. The second kappa shape index (κ2) is 8.67. The molecule has 1 aliphatic rings. The van der Waals surface area contributed by atoms with Gasteiger partial charge in [-0.1, -0.05) is 24.3 Å². The number of nitrogens with one attached hydrogen (secondary N) is 3. The Morgan fingerprint density at radius 1 is 1.07 bits per heavy atom. The highest BCUT2D eigenvalue weighted by atomic mass is 16.2. The van der Waals surface area contributed by atoms with Gasteiger partial charge in [0.2, 0.25) is 5.96 Å². The Hall–Kier alpha value is -3.88. The summed E-state index contributed by atoms with van der Waals surface area (Å²) in [4.78, 5) is 16.7. The topological polar surface area (TPSA) is 142 Å². The van der Waals surface area contributed by atoms with Gasteiger partial charge in [0, 0.05) is 23.5 Å². The van der Waals surface area contributed by atoms with E-state index in [1.165, 1.54) is 0 Å². The van der Waals surface area contributed by atoms with Gasteiger partial charge in [-0.3, -0.25) is 4.99 Å². The average Bonchev–Trinajstić information content (AvgIpc) is 3.21. The minimum absolute atomic E-state index is 0.117. The van der Waals surface area contributed by atoms with E-state index in [1.807, 2.05) is 36.4 Å². The van der Waals surface area contributed by atoms with Crippen LogP contribution in [0.3, 0.4) is 0 Å². The lowest BCUT2D eigenvalue weighted by molar-refractivity contribution is 0.262. The Kier molecular flexibility index (Phi) is 5.85. The minimum atomic E-state index is -0.352. The number of guanidine groups is 1. The maximum atomic E-state index is 12.4. The molecule has 0 unspecified atom stereocenters. The van der Waals surface area contributed by atoms with E-state index in [0.29, 0.717) is 17.1 Å². The first-order valence-electron chi connectivity index (χ1n) is 8.71. The third-order valence-electron chi connectivity index (χ3n) is 3.92. The molecule has 144 valence electrons. The highest BCUT2D eigenvalue weighted by molar-refractivity contribution is 6.04. The minimum Gasteiger partial charge on any atom is -0.369 e. The van der Waals surface area contributed by atoms with Crippen LogP contribution >= 0.6 is 0 Å². The maximum Gasteiger partial charge on any atom is 0.323 e. The predicted molar refractivity (Wildman–Crippen MR) is 113 cm³/mol. The maximum absolute atomic E-state index is 12.4. The van der Waals surface area contributed by atoms with Crippen molar-refractivity contribution in [3.63, 3.8) is 0 Å². The molecule has 9 nitrogen and oxygen atoms in total. The molecule has 9 heteroatoms. The number of hydrogen-bond acceptors (Lipinski definition) is 5. The van der Waals surface area contributed by atoms with Crippen LogP contribution in [0.5, 0.6) is 0 Å². The third kappa shape index (κ3) is 5.07. The molecule has 2 amide bonds. The standard InChI is InChI=1S/C19H22N8O/c1-12(26-27-18(20)21)13-4-2-6-15(10-13)24-19(28)25-16-7-3-5-14(11-16)17-22-8-9-23-17/h2-7,10-11H,8-9H2,1H3,(H,22,23)(H4,20,21,27)(H2,24,25,28)/b26-12+. The van der Waals surface area contributed by atoms with Crippen LogP contribution < -0.4 is 27.4 Å². The SMILES string of the molecule is C/C(=N\N=C(N)N)c1cccc(NC(=O)Nc2cccc(C3=NCCN3)c2)c1. The van der Waals surface area contributed by atoms with Gasteiger partial charge in [-0.2, -0.15) is 5.10 Å². The van der Waals surface area contributed by atoms with Gasteiger partial charge in [0.25, 0.3) is 0 Å². The number of nitrogens with two attached hydrogens (primary N) is 2. The van der Waals surface area contributed by atoms with Crippen molar-refractivity contribution in [1.82, 2.24) is 5.32 Å². The summed E-state index contributed by atoms with van der Waals surface area (Å²) in [7, 11) is 0. The Morgan fingerprint density at radius 3 is 2.46 bits per heavy atom. The molecule has 0 atom stereocenters. The molecule has 0 aromatic heterocycles. The number of carbonyl (C=O) groups excluding carboxylic acids is 1. The van der Waals surface area contributed by atoms with Crippen molar-refractivity contribution < 1.29 is 4.79 Å². The highest BCUT2D eigenvalue weighted by Gasteiger charge is 2.10. The van der Waals surface area contributed by atoms with Crippen LogP contribution in [0.25, 0.3) is 0 Å². The van der Waals surface area contributed by atoms with Gasteiger partial charge >= 0.3 is 6.03 Å². The number of anilines is 2. The van der Waals surface area contributed by atoms with Gasteiger partial charge < -0.3 is 27.4 Å². The van der Waals surface area contributed by atoms with Crippen molar-refractivity contribution in [2.45, 2.75) is 6.92 Å². The van der Waals surface area contributed by atoms with Crippen molar-refractivity contribution in [2.75, 3.05) is 23.7 Å².